The van der Waals surface area contributed by atoms with Crippen molar-refractivity contribution in [2.75, 3.05) is 5.43 Å². The Morgan fingerprint density at radius 3 is 2.80 bits per heavy atom. The molecule has 3 N–H and O–H groups in total. The molecule has 1 aromatic carbocycles. The van der Waals surface area contributed by atoms with Gasteiger partial charge in [-0.3, -0.25) is 0 Å². The third-order valence-electron chi connectivity index (χ3n) is 2.67. The first-order valence-electron chi connectivity index (χ1n) is 6.41. The van der Waals surface area contributed by atoms with Crippen molar-refractivity contribution in [3.63, 3.8) is 0 Å². The summed E-state index contributed by atoms with van der Waals surface area (Å²) in [6, 6.07) is 7.21. The van der Waals surface area contributed by atoms with Gasteiger partial charge in [-0.1, -0.05) is 24.6 Å². The largest absolute Gasteiger partial charge is 0.437 e. The van der Waals surface area contributed by atoms with Crippen molar-refractivity contribution < 1.29 is 4.74 Å². The van der Waals surface area contributed by atoms with Crippen LogP contribution in [0.1, 0.15) is 24.7 Å². The van der Waals surface area contributed by atoms with Crippen LogP contribution in [0.4, 0.5) is 5.82 Å². The molecule has 0 radical (unpaired) electrons. The van der Waals surface area contributed by atoms with E-state index in [-0.39, 0.29) is 0 Å². The van der Waals surface area contributed by atoms with Crippen molar-refractivity contribution in [2.45, 2.75) is 26.7 Å². The Bertz CT molecular complexity index is 604. The molecule has 2 rings (SSSR count). The summed E-state index contributed by atoms with van der Waals surface area (Å²) in [7, 11) is 0. The minimum atomic E-state index is 0.420. The highest BCUT2D eigenvalue weighted by atomic mass is 35.5. The topological polar surface area (TPSA) is 73.1 Å². The number of hydrazine groups is 1. The zero-order chi connectivity index (χ0) is 14.5. The number of halogens is 1. The summed E-state index contributed by atoms with van der Waals surface area (Å²) < 4.78 is 5.74. The molecule has 0 saturated heterocycles. The predicted octanol–water partition coefficient (Wildman–Crippen LogP) is 3.47. The third-order valence-corrected chi connectivity index (χ3v) is 2.98. The Morgan fingerprint density at radius 1 is 1.30 bits per heavy atom. The van der Waals surface area contributed by atoms with Crippen LogP contribution < -0.4 is 16.0 Å². The minimum absolute atomic E-state index is 0.420. The number of nitrogens with zero attached hydrogens (tertiary/aromatic N) is 2. The van der Waals surface area contributed by atoms with Crippen molar-refractivity contribution in [3.8, 4) is 11.6 Å². The summed E-state index contributed by atoms with van der Waals surface area (Å²) in [5, 5.41) is 0.536. The quantitative estimate of drug-likeness (QED) is 0.652. The summed E-state index contributed by atoms with van der Waals surface area (Å²) in [5.74, 6) is 7.59. The van der Waals surface area contributed by atoms with Gasteiger partial charge in [0.2, 0.25) is 5.88 Å². The number of rotatable bonds is 5. The Labute approximate surface area is 123 Å². The average Bonchev–Trinajstić information content (AvgIpc) is 2.43. The average molecular weight is 293 g/mol. The van der Waals surface area contributed by atoms with Crippen molar-refractivity contribution in [1.82, 2.24) is 9.97 Å². The van der Waals surface area contributed by atoms with Crippen LogP contribution in [-0.2, 0) is 6.42 Å². The standard InChI is InChI=1S/C14H17ClN4O/c1-3-4-12-17-13(19-16)8-14(18-12)20-11-7-9(2)5-6-10(11)15/h5-8H,3-4,16H2,1-2H3,(H,17,18,19). The molecule has 6 heteroatoms. The van der Waals surface area contributed by atoms with E-state index in [1.807, 2.05) is 19.1 Å². The maximum Gasteiger partial charge on any atom is 0.224 e. The van der Waals surface area contributed by atoms with E-state index < -0.39 is 0 Å². The molecule has 2 aromatic rings. The number of ether oxygens (including phenoxy) is 1. The van der Waals surface area contributed by atoms with Crippen LogP contribution >= 0.6 is 11.6 Å². The highest BCUT2D eigenvalue weighted by molar-refractivity contribution is 6.32. The van der Waals surface area contributed by atoms with E-state index in [9.17, 15) is 0 Å². The van der Waals surface area contributed by atoms with Crippen LogP contribution in [0.15, 0.2) is 24.3 Å². The van der Waals surface area contributed by atoms with Gasteiger partial charge in [0.05, 0.1) is 5.02 Å². The second-order valence-corrected chi connectivity index (χ2v) is 4.85. The Kier molecular flexibility index (Phi) is 4.76. The van der Waals surface area contributed by atoms with Crippen LogP contribution in [0, 0.1) is 6.92 Å². The Morgan fingerprint density at radius 2 is 2.10 bits per heavy atom. The first kappa shape index (κ1) is 14.6. The molecule has 0 spiro atoms. The summed E-state index contributed by atoms with van der Waals surface area (Å²) >= 11 is 6.11. The van der Waals surface area contributed by atoms with E-state index in [2.05, 4.69) is 22.3 Å². The molecule has 0 aliphatic carbocycles. The molecule has 0 unspecified atom stereocenters. The van der Waals surface area contributed by atoms with E-state index in [0.29, 0.717) is 28.3 Å². The molecule has 1 heterocycles. The number of benzene rings is 1. The molecule has 20 heavy (non-hydrogen) atoms. The molecular weight excluding hydrogens is 276 g/mol. The Hall–Kier alpha value is -1.85. The normalized spacial score (nSPS) is 10.4. The van der Waals surface area contributed by atoms with Gasteiger partial charge in [-0.05, 0) is 31.0 Å². The van der Waals surface area contributed by atoms with Crippen molar-refractivity contribution >= 4 is 17.4 Å². The lowest BCUT2D eigenvalue weighted by Gasteiger charge is -2.10. The van der Waals surface area contributed by atoms with Gasteiger partial charge in [0.15, 0.2) is 0 Å². The lowest BCUT2D eigenvalue weighted by atomic mass is 10.2. The lowest BCUT2D eigenvalue weighted by Crippen LogP contribution is -2.10. The second kappa shape index (κ2) is 6.54. The highest BCUT2D eigenvalue weighted by Crippen LogP contribution is 2.30. The third kappa shape index (κ3) is 3.59. The maximum absolute atomic E-state index is 6.11. The van der Waals surface area contributed by atoms with Crippen molar-refractivity contribution in [1.29, 1.82) is 0 Å². The molecule has 0 aliphatic rings. The summed E-state index contributed by atoms with van der Waals surface area (Å²) in [5.41, 5.74) is 3.57. The number of anilines is 1. The molecular formula is C14H17ClN4O. The van der Waals surface area contributed by atoms with Gasteiger partial charge in [-0.25, -0.2) is 10.8 Å². The van der Waals surface area contributed by atoms with Crippen LogP contribution in [0.25, 0.3) is 0 Å². The van der Waals surface area contributed by atoms with Crippen LogP contribution in [0.3, 0.4) is 0 Å². The fraction of sp³-hybridized carbons (Fsp3) is 0.286. The van der Waals surface area contributed by atoms with E-state index in [1.54, 1.807) is 12.1 Å². The van der Waals surface area contributed by atoms with Gasteiger partial charge >= 0.3 is 0 Å². The van der Waals surface area contributed by atoms with E-state index in [1.165, 1.54) is 0 Å². The van der Waals surface area contributed by atoms with E-state index in [4.69, 9.17) is 22.2 Å². The number of hydrogen-bond donors (Lipinski definition) is 2. The van der Waals surface area contributed by atoms with Crippen molar-refractivity contribution in [3.05, 3.63) is 40.7 Å². The Balaban J connectivity index is 2.32. The predicted molar refractivity (Wildman–Crippen MR) is 80.1 cm³/mol. The molecule has 0 bridgehead atoms. The molecule has 0 saturated carbocycles. The summed E-state index contributed by atoms with van der Waals surface area (Å²) in [4.78, 5) is 8.61. The monoisotopic (exact) mass is 292 g/mol. The fourth-order valence-electron chi connectivity index (χ4n) is 1.74. The molecule has 0 amide bonds. The second-order valence-electron chi connectivity index (χ2n) is 4.44. The zero-order valence-electron chi connectivity index (χ0n) is 11.5. The SMILES string of the molecule is CCCc1nc(NN)cc(Oc2cc(C)ccc2Cl)n1. The maximum atomic E-state index is 6.11. The number of hydrogen-bond acceptors (Lipinski definition) is 5. The zero-order valence-corrected chi connectivity index (χ0v) is 12.2. The molecule has 0 atom stereocenters. The smallest absolute Gasteiger partial charge is 0.224 e. The van der Waals surface area contributed by atoms with Crippen LogP contribution in [0.5, 0.6) is 11.6 Å². The van der Waals surface area contributed by atoms with Crippen LogP contribution in [-0.4, -0.2) is 9.97 Å². The first-order chi connectivity index (χ1) is 9.62. The van der Waals surface area contributed by atoms with E-state index >= 15 is 0 Å². The minimum Gasteiger partial charge on any atom is -0.437 e. The highest BCUT2D eigenvalue weighted by Gasteiger charge is 2.08. The number of aryl methyl sites for hydroxylation is 2. The molecule has 0 fully saturated rings. The van der Waals surface area contributed by atoms with Crippen LogP contribution in [0.2, 0.25) is 5.02 Å². The fourth-order valence-corrected chi connectivity index (χ4v) is 1.89. The van der Waals surface area contributed by atoms with Gasteiger partial charge in [0, 0.05) is 12.5 Å². The van der Waals surface area contributed by atoms with Gasteiger partial charge in [-0.15, -0.1) is 0 Å². The van der Waals surface area contributed by atoms with Gasteiger partial charge < -0.3 is 10.2 Å². The molecule has 0 aliphatic heterocycles. The van der Waals surface area contributed by atoms with Gasteiger partial charge in [0.1, 0.15) is 17.4 Å². The number of nitrogens with two attached hydrogens (primary N) is 1. The summed E-state index contributed by atoms with van der Waals surface area (Å²) in [6.45, 7) is 4.03. The molecule has 5 nitrogen and oxygen atoms in total. The number of nitrogen functional groups attached to an aromatic ring is 1. The number of nitrogens with one attached hydrogen (secondary N) is 1. The van der Waals surface area contributed by atoms with E-state index in [0.717, 1.165) is 18.4 Å². The van der Waals surface area contributed by atoms with Gasteiger partial charge in [0.25, 0.3) is 0 Å². The van der Waals surface area contributed by atoms with Crippen molar-refractivity contribution in [2.24, 2.45) is 5.84 Å². The summed E-state index contributed by atoms with van der Waals surface area (Å²) in [6.07, 6.45) is 1.70. The molecule has 1 aromatic heterocycles. The molecule has 106 valence electrons. The number of aromatic nitrogens is 2. The lowest BCUT2D eigenvalue weighted by molar-refractivity contribution is 0.458. The first-order valence-corrected chi connectivity index (χ1v) is 6.78. The van der Waals surface area contributed by atoms with Gasteiger partial charge in [-0.2, -0.15) is 4.98 Å².